The van der Waals surface area contributed by atoms with Gasteiger partial charge in [0.2, 0.25) is 0 Å². The molecule has 0 aromatic rings. The van der Waals surface area contributed by atoms with Gasteiger partial charge in [0.25, 0.3) is 0 Å². The Morgan fingerprint density at radius 3 is 2.48 bits per heavy atom. The molecule has 2 aliphatic rings. The molecule has 3 atom stereocenters. The molecule has 0 aliphatic carbocycles. The lowest BCUT2D eigenvalue weighted by atomic mass is 9.89. The van der Waals surface area contributed by atoms with Crippen molar-refractivity contribution in [3.63, 3.8) is 0 Å². The van der Waals surface area contributed by atoms with Gasteiger partial charge < -0.3 is 10.2 Å². The summed E-state index contributed by atoms with van der Waals surface area (Å²) in [5.41, 5.74) is 0.307. The quantitative estimate of drug-likeness (QED) is 0.841. The van der Waals surface area contributed by atoms with E-state index in [0.29, 0.717) is 17.6 Å². The van der Waals surface area contributed by atoms with E-state index >= 15 is 0 Å². The number of hydrogen-bond donors (Lipinski definition) is 1. The van der Waals surface area contributed by atoms with Crippen LogP contribution in [0.2, 0.25) is 0 Å². The van der Waals surface area contributed by atoms with Crippen LogP contribution < -0.4 is 5.32 Å². The molecule has 2 heterocycles. The molecule has 2 rings (SSSR count). The molecule has 2 saturated heterocycles. The maximum Gasteiger partial charge on any atom is 0.0278 e. The van der Waals surface area contributed by atoms with E-state index in [4.69, 9.17) is 0 Å². The summed E-state index contributed by atoms with van der Waals surface area (Å²) < 4.78 is 0. The molecule has 1 N–H and O–H groups in total. The third-order valence-electron chi connectivity index (χ3n) is 5.85. The molecule has 0 bridgehead atoms. The Morgan fingerprint density at radius 2 is 1.95 bits per heavy atom. The van der Waals surface area contributed by atoms with Crippen molar-refractivity contribution in [1.82, 2.24) is 15.1 Å². The van der Waals surface area contributed by atoms with Crippen LogP contribution in [0.3, 0.4) is 0 Å². The first-order valence-corrected chi connectivity index (χ1v) is 9.07. The highest BCUT2D eigenvalue weighted by atomic mass is 15.3. The average molecular weight is 296 g/mol. The molecular formula is C18H37N3. The second kappa shape index (κ2) is 6.97. The monoisotopic (exact) mass is 295 g/mol. The molecule has 2 aliphatic heterocycles. The average Bonchev–Trinajstić information content (AvgIpc) is 2.87. The van der Waals surface area contributed by atoms with E-state index < -0.39 is 0 Å². The molecule has 0 spiro atoms. The summed E-state index contributed by atoms with van der Waals surface area (Å²) in [4.78, 5) is 5.45. The van der Waals surface area contributed by atoms with Crippen LogP contribution in [0.4, 0.5) is 0 Å². The van der Waals surface area contributed by atoms with Crippen molar-refractivity contribution in [2.75, 3.05) is 32.7 Å². The summed E-state index contributed by atoms with van der Waals surface area (Å²) in [5.74, 6) is 1.61. The molecule has 21 heavy (non-hydrogen) atoms. The van der Waals surface area contributed by atoms with Gasteiger partial charge in [0.05, 0.1) is 0 Å². The summed E-state index contributed by atoms with van der Waals surface area (Å²) in [6, 6.07) is 1.41. The highest BCUT2D eigenvalue weighted by Gasteiger charge is 2.37. The summed E-state index contributed by atoms with van der Waals surface area (Å²) in [6.45, 7) is 20.4. The van der Waals surface area contributed by atoms with Crippen molar-refractivity contribution < 1.29 is 0 Å². The van der Waals surface area contributed by atoms with E-state index in [-0.39, 0.29) is 0 Å². The Morgan fingerprint density at radius 1 is 1.24 bits per heavy atom. The van der Waals surface area contributed by atoms with E-state index in [1.165, 1.54) is 39.0 Å². The highest BCUT2D eigenvalue weighted by Crippen LogP contribution is 2.26. The molecule has 124 valence electrons. The van der Waals surface area contributed by atoms with Crippen LogP contribution in [0.25, 0.3) is 0 Å². The zero-order valence-electron chi connectivity index (χ0n) is 15.2. The molecule has 0 amide bonds. The van der Waals surface area contributed by atoms with Gasteiger partial charge in [-0.3, -0.25) is 4.90 Å². The summed E-state index contributed by atoms with van der Waals surface area (Å²) in [5, 5.41) is 3.81. The van der Waals surface area contributed by atoms with Gasteiger partial charge in [0.15, 0.2) is 0 Å². The van der Waals surface area contributed by atoms with E-state index in [9.17, 15) is 0 Å². The smallest absolute Gasteiger partial charge is 0.0278 e. The lowest BCUT2D eigenvalue weighted by Crippen LogP contribution is -2.64. The summed E-state index contributed by atoms with van der Waals surface area (Å²) in [7, 11) is 0. The second-order valence-corrected chi connectivity index (χ2v) is 8.28. The van der Waals surface area contributed by atoms with E-state index in [1.54, 1.807) is 0 Å². The number of nitrogens with zero attached hydrogens (tertiary/aromatic N) is 2. The van der Waals surface area contributed by atoms with Crippen molar-refractivity contribution in [3.8, 4) is 0 Å². The fourth-order valence-corrected chi connectivity index (χ4v) is 4.01. The molecular weight excluding hydrogens is 258 g/mol. The first-order chi connectivity index (χ1) is 9.84. The van der Waals surface area contributed by atoms with Crippen LogP contribution in [0.1, 0.15) is 54.4 Å². The minimum absolute atomic E-state index is 0.307. The van der Waals surface area contributed by atoms with Gasteiger partial charge in [0, 0.05) is 43.8 Å². The number of nitrogens with one attached hydrogen (secondary N) is 1. The Labute approximate surface area is 132 Å². The van der Waals surface area contributed by atoms with Crippen molar-refractivity contribution in [1.29, 1.82) is 0 Å². The Hall–Kier alpha value is -0.120. The van der Waals surface area contributed by atoms with Crippen molar-refractivity contribution >= 4 is 0 Å². The molecule has 0 aromatic carbocycles. The van der Waals surface area contributed by atoms with Crippen LogP contribution in [0.15, 0.2) is 0 Å². The van der Waals surface area contributed by atoms with Crippen molar-refractivity contribution in [3.05, 3.63) is 0 Å². The Kier molecular flexibility index (Phi) is 5.72. The molecule has 3 nitrogen and oxygen atoms in total. The lowest BCUT2D eigenvalue weighted by molar-refractivity contribution is 0.0476. The third kappa shape index (κ3) is 4.20. The maximum atomic E-state index is 3.81. The number of hydrogen-bond acceptors (Lipinski definition) is 3. The van der Waals surface area contributed by atoms with E-state index in [2.05, 4.69) is 56.7 Å². The van der Waals surface area contributed by atoms with Gasteiger partial charge in [-0.2, -0.15) is 0 Å². The van der Waals surface area contributed by atoms with E-state index in [1.807, 2.05) is 0 Å². The van der Waals surface area contributed by atoms with Gasteiger partial charge in [-0.1, -0.05) is 20.8 Å². The SMILES string of the molecule is CCC1(C)CN(CC2CCN(C(C)C)C2)C(C(C)C)CN1. The van der Waals surface area contributed by atoms with Crippen LogP contribution in [0.5, 0.6) is 0 Å². The minimum atomic E-state index is 0.307. The van der Waals surface area contributed by atoms with Crippen LogP contribution >= 0.6 is 0 Å². The second-order valence-electron chi connectivity index (χ2n) is 8.28. The van der Waals surface area contributed by atoms with Gasteiger partial charge in [-0.25, -0.2) is 0 Å². The standard InChI is InChI=1S/C18H37N3/c1-7-18(6)13-21(17(10-19-18)14(2)3)12-16-8-9-20(11-16)15(4)5/h14-17,19H,7-13H2,1-6H3. The zero-order valence-corrected chi connectivity index (χ0v) is 15.2. The number of rotatable bonds is 5. The Balaban J connectivity index is 1.97. The van der Waals surface area contributed by atoms with Crippen molar-refractivity contribution in [2.45, 2.75) is 72.0 Å². The van der Waals surface area contributed by atoms with Crippen LogP contribution in [-0.2, 0) is 0 Å². The molecule has 2 fully saturated rings. The first-order valence-electron chi connectivity index (χ1n) is 9.07. The predicted octanol–water partition coefficient (Wildman–Crippen LogP) is 2.82. The summed E-state index contributed by atoms with van der Waals surface area (Å²) >= 11 is 0. The van der Waals surface area contributed by atoms with Gasteiger partial charge >= 0.3 is 0 Å². The number of likely N-dealkylation sites (tertiary alicyclic amines) is 1. The van der Waals surface area contributed by atoms with Gasteiger partial charge in [-0.05, 0) is 52.0 Å². The fourth-order valence-electron chi connectivity index (χ4n) is 4.01. The summed E-state index contributed by atoms with van der Waals surface area (Å²) in [6.07, 6.45) is 2.60. The predicted molar refractivity (Wildman–Crippen MR) is 91.7 cm³/mol. The normalized spacial score (nSPS) is 36.0. The molecule has 0 radical (unpaired) electrons. The topological polar surface area (TPSA) is 18.5 Å². The fraction of sp³-hybridized carbons (Fsp3) is 1.00. The van der Waals surface area contributed by atoms with Crippen LogP contribution in [0, 0.1) is 11.8 Å². The third-order valence-corrected chi connectivity index (χ3v) is 5.85. The molecule has 3 unspecified atom stereocenters. The Bertz CT molecular complexity index is 328. The lowest BCUT2D eigenvalue weighted by Gasteiger charge is -2.48. The van der Waals surface area contributed by atoms with Gasteiger partial charge in [0.1, 0.15) is 0 Å². The zero-order chi connectivity index (χ0) is 15.6. The van der Waals surface area contributed by atoms with Crippen LogP contribution in [-0.4, -0.2) is 60.1 Å². The number of piperazine rings is 1. The highest BCUT2D eigenvalue weighted by molar-refractivity contribution is 4.96. The molecule has 0 saturated carbocycles. The molecule has 0 aromatic heterocycles. The van der Waals surface area contributed by atoms with E-state index in [0.717, 1.165) is 18.4 Å². The van der Waals surface area contributed by atoms with Crippen molar-refractivity contribution in [2.24, 2.45) is 11.8 Å². The first kappa shape index (κ1) is 17.2. The van der Waals surface area contributed by atoms with Gasteiger partial charge in [-0.15, -0.1) is 0 Å². The molecule has 3 heteroatoms. The minimum Gasteiger partial charge on any atom is -0.309 e. The largest absolute Gasteiger partial charge is 0.309 e. The maximum absolute atomic E-state index is 3.81.